The minimum Gasteiger partial charge on any atom is -0.487 e. The van der Waals surface area contributed by atoms with E-state index in [1.165, 1.54) is 29.5 Å². The van der Waals surface area contributed by atoms with Crippen LogP contribution in [-0.4, -0.2) is 36.0 Å². The lowest BCUT2D eigenvalue weighted by Crippen LogP contribution is -2.46. The maximum atomic E-state index is 12.7. The Labute approximate surface area is 219 Å². The predicted octanol–water partition coefficient (Wildman–Crippen LogP) is 4.93. The van der Waals surface area contributed by atoms with Gasteiger partial charge in [0.05, 0.1) is 6.04 Å². The zero-order chi connectivity index (χ0) is 22.7. The van der Waals surface area contributed by atoms with E-state index in [2.05, 4.69) is 46.0 Å². The van der Waals surface area contributed by atoms with Gasteiger partial charge in [-0.05, 0) is 49.3 Å². The first-order chi connectivity index (χ1) is 16.2. The Morgan fingerprint density at radius 3 is 2.47 bits per heavy atom. The third-order valence-corrected chi connectivity index (χ3v) is 7.30. The third-order valence-electron chi connectivity index (χ3n) is 7.30. The van der Waals surface area contributed by atoms with Crippen LogP contribution in [0, 0.1) is 0 Å². The largest absolute Gasteiger partial charge is 0.487 e. The van der Waals surface area contributed by atoms with Gasteiger partial charge in [0.15, 0.2) is 5.96 Å². The van der Waals surface area contributed by atoms with Gasteiger partial charge in [-0.3, -0.25) is 9.79 Å². The fraction of sp³-hybridized carbons (Fsp3) is 0.481. The summed E-state index contributed by atoms with van der Waals surface area (Å²) in [6, 6.07) is 16.8. The van der Waals surface area contributed by atoms with Gasteiger partial charge < -0.3 is 20.3 Å². The Morgan fingerprint density at radius 2 is 1.76 bits per heavy atom. The lowest BCUT2D eigenvalue weighted by molar-refractivity contribution is -0.131. The van der Waals surface area contributed by atoms with Crippen molar-refractivity contribution >= 4 is 35.8 Å². The van der Waals surface area contributed by atoms with Crippen LogP contribution in [0.25, 0.3) is 0 Å². The van der Waals surface area contributed by atoms with Crippen LogP contribution < -0.4 is 15.4 Å². The Hall–Kier alpha value is -2.29. The highest BCUT2D eigenvalue weighted by atomic mass is 127. The highest BCUT2D eigenvalue weighted by Gasteiger charge is 2.43. The van der Waals surface area contributed by atoms with Crippen molar-refractivity contribution in [3.05, 3.63) is 65.2 Å². The molecule has 0 aromatic heterocycles. The number of fused-ring (bicyclic) bond motifs is 2. The van der Waals surface area contributed by atoms with Crippen molar-refractivity contribution in [2.45, 2.75) is 69.7 Å². The number of hydrogen-bond acceptors (Lipinski definition) is 3. The van der Waals surface area contributed by atoms with E-state index in [4.69, 9.17) is 4.74 Å². The number of para-hydroxylation sites is 1. The van der Waals surface area contributed by atoms with E-state index in [1.807, 2.05) is 23.1 Å². The summed E-state index contributed by atoms with van der Waals surface area (Å²) in [5.41, 5.74) is 3.68. The lowest BCUT2D eigenvalue weighted by atomic mass is 9.86. The van der Waals surface area contributed by atoms with E-state index in [9.17, 15) is 4.79 Å². The van der Waals surface area contributed by atoms with Gasteiger partial charge in [-0.25, -0.2) is 0 Å². The van der Waals surface area contributed by atoms with Crippen molar-refractivity contribution in [3.63, 3.8) is 0 Å². The van der Waals surface area contributed by atoms with Gasteiger partial charge in [0.1, 0.15) is 11.4 Å². The molecule has 182 valence electrons. The maximum absolute atomic E-state index is 12.7. The Morgan fingerprint density at radius 1 is 1.09 bits per heavy atom. The molecule has 1 fully saturated rings. The van der Waals surface area contributed by atoms with Gasteiger partial charge in [0.2, 0.25) is 5.91 Å². The van der Waals surface area contributed by atoms with Crippen LogP contribution in [0.3, 0.4) is 0 Å². The van der Waals surface area contributed by atoms with Crippen LogP contribution in [0.5, 0.6) is 5.75 Å². The van der Waals surface area contributed by atoms with Gasteiger partial charge in [-0.1, -0.05) is 42.5 Å². The van der Waals surface area contributed by atoms with E-state index < -0.39 is 0 Å². The van der Waals surface area contributed by atoms with Gasteiger partial charge >= 0.3 is 0 Å². The molecular formula is C27H35IN4O2. The van der Waals surface area contributed by atoms with Gasteiger partial charge in [0, 0.05) is 45.1 Å². The third kappa shape index (κ3) is 5.34. The number of nitrogens with zero attached hydrogens (tertiary/aromatic N) is 2. The molecule has 2 aromatic rings. The van der Waals surface area contributed by atoms with Crippen LogP contribution in [-0.2, 0) is 17.9 Å². The molecule has 1 spiro atoms. The van der Waals surface area contributed by atoms with Crippen LogP contribution in [0.1, 0.15) is 67.7 Å². The number of nitrogens with one attached hydrogen (secondary N) is 2. The Balaban J connectivity index is 0.00000274. The quantitative estimate of drug-likeness (QED) is 0.230. The van der Waals surface area contributed by atoms with Crippen molar-refractivity contribution < 1.29 is 9.53 Å². The number of benzene rings is 2. The Bertz CT molecular complexity index is 1010. The number of amides is 1. The molecule has 7 heteroatoms. The fourth-order valence-corrected chi connectivity index (χ4v) is 5.55. The molecule has 6 nitrogen and oxygen atoms in total. The molecule has 5 rings (SSSR count). The van der Waals surface area contributed by atoms with Crippen molar-refractivity contribution in [1.82, 2.24) is 15.5 Å². The van der Waals surface area contributed by atoms with Crippen LogP contribution in [0.2, 0.25) is 0 Å². The van der Waals surface area contributed by atoms with Crippen molar-refractivity contribution in [1.29, 1.82) is 0 Å². The molecule has 1 unspecified atom stereocenters. The molecule has 0 bridgehead atoms. The van der Waals surface area contributed by atoms with Crippen LogP contribution >= 0.6 is 24.0 Å². The van der Waals surface area contributed by atoms with Crippen molar-refractivity contribution in [2.75, 3.05) is 13.6 Å². The lowest BCUT2D eigenvalue weighted by Gasteiger charge is -2.40. The monoisotopic (exact) mass is 574 g/mol. The maximum Gasteiger partial charge on any atom is 0.223 e. The molecule has 2 aliphatic heterocycles. The fourth-order valence-electron chi connectivity index (χ4n) is 5.55. The number of hydrogen-bond donors (Lipinski definition) is 2. The van der Waals surface area contributed by atoms with Crippen molar-refractivity contribution in [2.24, 2.45) is 4.99 Å². The molecule has 2 heterocycles. The summed E-state index contributed by atoms with van der Waals surface area (Å²) in [5, 5.41) is 7.05. The minimum absolute atomic E-state index is 0. The summed E-state index contributed by atoms with van der Waals surface area (Å²) < 4.78 is 6.48. The molecule has 34 heavy (non-hydrogen) atoms. The second-order valence-corrected chi connectivity index (χ2v) is 9.55. The molecule has 1 aliphatic carbocycles. The van der Waals surface area contributed by atoms with Crippen LogP contribution in [0.4, 0.5) is 0 Å². The van der Waals surface area contributed by atoms with E-state index in [0.29, 0.717) is 13.0 Å². The number of carbonyl (C=O) groups excluding carboxylic acids is 1. The average molecular weight is 575 g/mol. The number of halogens is 1. The summed E-state index contributed by atoms with van der Waals surface area (Å²) in [7, 11) is 1.80. The normalized spacial score (nSPS) is 20.2. The SMILES string of the molecule is CN=C(NCCCC(=O)N1Cc2ccccc2C1)NC1CC2(CCCC2)Oc2ccccc21.I. The topological polar surface area (TPSA) is 66.0 Å². The molecule has 1 saturated carbocycles. The summed E-state index contributed by atoms with van der Waals surface area (Å²) in [6.07, 6.45) is 6.98. The molecule has 0 radical (unpaired) electrons. The zero-order valence-corrected chi connectivity index (χ0v) is 22.2. The molecule has 1 amide bonds. The summed E-state index contributed by atoms with van der Waals surface area (Å²) in [6.45, 7) is 2.18. The molecular weight excluding hydrogens is 539 g/mol. The second-order valence-electron chi connectivity index (χ2n) is 9.55. The van der Waals surface area contributed by atoms with Crippen LogP contribution in [0.15, 0.2) is 53.5 Å². The first-order valence-electron chi connectivity index (χ1n) is 12.3. The van der Waals surface area contributed by atoms with Gasteiger partial charge in [-0.2, -0.15) is 0 Å². The first kappa shape index (κ1) is 24.8. The highest BCUT2D eigenvalue weighted by molar-refractivity contribution is 14.0. The molecule has 1 atom stereocenters. The Kier molecular flexibility index (Phi) is 8.01. The number of guanidine groups is 1. The van der Waals surface area contributed by atoms with E-state index in [0.717, 1.165) is 50.5 Å². The zero-order valence-electron chi connectivity index (χ0n) is 19.9. The first-order valence-corrected chi connectivity index (χ1v) is 12.3. The standard InChI is InChI=1S/C27H34N4O2.HI/c1-28-26(29-16-8-13-25(32)31-18-20-9-2-3-10-21(20)19-31)30-23-17-27(14-6-7-15-27)33-24-12-5-4-11-22(23)24;/h2-5,9-12,23H,6-8,13-19H2,1H3,(H2,28,29,30);1H. The van der Waals surface area contributed by atoms with E-state index >= 15 is 0 Å². The number of carbonyl (C=O) groups is 1. The van der Waals surface area contributed by atoms with Gasteiger partial charge in [0.25, 0.3) is 0 Å². The molecule has 2 aromatic carbocycles. The molecule has 2 N–H and O–H groups in total. The average Bonchev–Trinajstić information content (AvgIpc) is 3.47. The second kappa shape index (κ2) is 11.0. The van der Waals surface area contributed by atoms with Crippen molar-refractivity contribution in [3.8, 4) is 5.75 Å². The highest BCUT2D eigenvalue weighted by Crippen LogP contribution is 2.46. The summed E-state index contributed by atoms with van der Waals surface area (Å²) in [5.74, 6) is 2.00. The molecule has 3 aliphatic rings. The predicted molar refractivity (Wildman–Crippen MR) is 145 cm³/mol. The van der Waals surface area contributed by atoms with E-state index in [-0.39, 0.29) is 41.5 Å². The summed E-state index contributed by atoms with van der Waals surface area (Å²) >= 11 is 0. The number of aliphatic imine (C=N–C) groups is 1. The minimum atomic E-state index is -0.0510. The van der Waals surface area contributed by atoms with Gasteiger partial charge in [-0.15, -0.1) is 24.0 Å². The summed E-state index contributed by atoms with van der Waals surface area (Å²) in [4.78, 5) is 19.1. The molecule has 0 saturated heterocycles. The smallest absolute Gasteiger partial charge is 0.223 e. The number of ether oxygens (including phenoxy) is 1. The number of rotatable bonds is 5. The van der Waals surface area contributed by atoms with E-state index in [1.54, 1.807) is 7.05 Å².